The van der Waals surface area contributed by atoms with E-state index in [1.165, 1.54) is 12.0 Å². The van der Waals surface area contributed by atoms with Crippen LogP contribution in [0.3, 0.4) is 0 Å². The molecule has 1 amide bonds. The van der Waals surface area contributed by atoms with Gasteiger partial charge in [0.2, 0.25) is 0 Å². The lowest BCUT2D eigenvalue weighted by molar-refractivity contribution is 0.0855. The minimum Gasteiger partial charge on any atom is -0.381 e. The number of nitrogens with one attached hydrogen (secondary N) is 1. The van der Waals surface area contributed by atoms with Gasteiger partial charge < -0.3 is 15.0 Å². The SMILES string of the molecule is C[C@H]1C[C@H](C)CN(CCNC(=O)c2cc(C3CCOCC3)c3cnccc3n2)C1. The Morgan fingerprint density at radius 2 is 2.00 bits per heavy atom. The Morgan fingerprint density at radius 1 is 1.24 bits per heavy atom. The fourth-order valence-corrected chi connectivity index (χ4v) is 4.95. The molecule has 6 heteroatoms. The Balaban J connectivity index is 1.46. The molecule has 29 heavy (non-hydrogen) atoms. The molecular weight excluding hydrogens is 364 g/mol. The quantitative estimate of drug-likeness (QED) is 0.840. The third kappa shape index (κ3) is 4.93. The van der Waals surface area contributed by atoms with Crippen molar-refractivity contribution in [1.82, 2.24) is 20.2 Å². The molecule has 2 atom stereocenters. The number of rotatable bonds is 5. The third-order valence-corrected chi connectivity index (χ3v) is 6.19. The zero-order valence-electron chi connectivity index (χ0n) is 17.6. The molecule has 4 heterocycles. The van der Waals surface area contributed by atoms with Crippen LogP contribution in [0.2, 0.25) is 0 Å². The highest BCUT2D eigenvalue weighted by atomic mass is 16.5. The van der Waals surface area contributed by atoms with Gasteiger partial charge in [-0.2, -0.15) is 0 Å². The molecule has 0 radical (unpaired) electrons. The maximum atomic E-state index is 12.9. The Morgan fingerprint density at radius 3 is 2.76 bits per heavy atom. The van der Waals surface area contributed by atoms with Crippen molar-refractivity contribution in [2.45, 2.75) is 39.0 Å². The summed E-state index contributed by atoms with van der Waals surface area (Å²) in [5, 5.41) is 4.14. The molecule has 156 valence electrons. The van der Waals surface area contributed by atoms with Gasteiger partial charge in [0.05, 0.1) is 5.52 Å². The number of likely N-dealkylation sites (tertiary alicyclic amines) is 1. The molecule has 2 aliphatic rings. The van der Waals surface area contributed by atoms with Gasteiger partial charge >= 0.3 is 0 Å². The van der Waals surface area contributed by atoms with Crippen LogP contribution in [0.1, 0.15) is 55.1 Å². The monoisotopic (exact) mass is 396 g/mol. The van der Waals surface area contributed by atoms with Crippen molar-refractivity contribution in [3.8, 4) is 0 Å². The van der Waals surface area contributed by atoms with Crippen molar-refractivity contribution >= 4 is 16.8 Å². The van der Waals surface area contributed by atoms with E-state index in [9.17, 15) is 4.79 Å². The fraction of sp³-hybridized carbons (Fsp3) is 0.609. The topological polar surface area (TPSA) is 67.4 Å². The maximum absolute atomic E-state index is 12.9. The number of amides is 1. The van der Waals surface area contributed by atoms with Gasteiger partial charge in [0.25, 0.3) is 5.91 Å². The molecule has 6 nitrogen and oxygen atoms in total. The summed E-state index contributed by atoms with van der Waals surface area (Å²) >= 11 is 0. The first-order valence-corrected chi connectivity index (χ1v) is 10.9. The molecule has 4 rings (SSSR count). The van der Waals surface area contributed by atoms with E-state index in [0.717, 1.165) is 68.4 Å². The van der Waals surface area contributed by atoms with Crippen molar-refractivity contribution < 1.29 is 9.53 Å². The predicted octanol–water partition coefficient (Wildman–Crippen LogP) is 3.23. The minimum atomic E-state index is -0.0878. The van der Waals surface area contributed by atoms with Gasteiger partial charge in [-0.15, -0.1) is 0 Å². The van der Waals surface area contributed by atoms with Crippen LogP contribution in [0.5, 0.6) is 0 Å². The van der Waals surface area contributed by atoms with Gasteiger partial charge in [-0.05, 0) is 54.7 Å². The molecule has 0 aromatic carbocycles. The van der Waals surface area contributed by atoms with Crippen molar-refractivity contribution in [2.75, 3.05) is 39.4 Å². The van der Waals surface area contributed by atoms with Gasteiger partial charge in [0, 0.05) is 57.2 Å². The lowest BCUT2D eigenvalue weighted by atomic mass is 9.89. The number of ether oxygens (including phenoxy) is 1. The van der Waals surface area contributed by atoms with E-state index in [4.69, 9.17) is 4.74 Å². The molecular formula is C23H32N4O2. The standard InChI is InChI=1S/C23H32N4O2/c1-16-11-17(2)15-27(14-16)8-7-25-23(28)22-12-19(18-4-9-29-10-5-18)20-13-24-6-3-21(20)26-22/h3,6,12-13,16-18H,4-5,7-11,14-15H2,1-2H3,(H,25,28)/t16-,17-/m0/s1. The molecule has 2 saturated heterocycles. The Hall–Kier alpha value is -2.05. The van der Waals surface area contributed by atoms with E-state index < -0.39 is 0 Å². The Bertz CT molecular complexity index is 840. The van der Waals surface area contributed by atoms with Crippen molar-refractivity contribution in [1.29, 1.82) is 0 Å². The van der Waals surface area contributed by atoms with Crippen LogP contribution in [0.25, 0.3) is 10.9 Å². The number of piperidine rings is 1. The predicted molar refractivity (Wildman–Crippen MR) is 114 cm³/mol. The van der Waals surface area contributed by atoms with Crippen molar-refractivity contribution in [3.63, 3.8) is 0 Å². The summed E-state index contributed by atoms with van der Waals surface area (Å²) in [5.74, 6) is 1.76. The summed E-state index contributed by atoms with van der Waals surface area (Å²) in [4.78, 5) is 24.2. The van der Waals surface area contributed by atoms with Crippen LogP contribution in [0.4, 0.5) is 0 Å². The summed E-state index contributed by atoms with van der Waals surface area (Å²) in [7, 11) is 0. The lowest BCUT2D eigenvalue weighted by Crippen LogP contribution is -2.43. The second-order valence-electron chi connectivity index (χ2n) is 8.84. The number of aromatic nitrogens is 2. The average Bonchev–Trinajstić information content (AvgIpc) is 2.73. The number of hydrogen-bond donors (Lipinski definition) is 1. The van der Waals surface area contributed by atoms with Crippen LogP contribution < -0.4 is 5.32 Å². The summed E-state index contributed by atoms with van der Waals surface area (Å²) in [6.07, 6.45) is 6.85. The molecule has 2 aromatic heterocycles. The normalized spacial score (nSPS) is 23.9. The number of hydrogen-bond acceptors (Lipinski definition) is 5. The van der Waals surface area contributed by atoms with E-state index >= 15 is 0 Å². The summed E-state index contributed by atoms with van der Waals surface area (Å²) < 4.78 is 5.52. The number of carbonyl (C=O) groups excluding carboxylic acids is 1. The average molecular weight is 397 g/mol. The highest BCUT2D eigenvalue weighted by Gasteiger charge is 2.23. The molecule has 2 fully saturated rings. The largest absolute Gasteiger partial charge is 0.381 e. The molecule has 0 saturated carbocycles. The highest BCUT2D eigenvalue weighted by Crippen LogP contribution is 2.32. The van der Waals surface area contributed by atoms with Gasteiger partial charge in [-0.25, -0.2) is 4.98 Å². The van der Waals surface area contributed by atoms with E-state index in [2.05, 4.69) is 34.0 Å². The second-order valence-corrected chi connectivity index (χ2v) is 8.84. The van der Waals surface area contributed by atoms with Crippen LogP contribution >= 0.6 is 0 Å². The zero-order valence-corrected chi connectivity index (χ0v) is 17.6. The smallest absolute Gasteiger partial charge is 0.269 e. The molecule has 0 spiro atoms. The summed E-state index contributed by atoms with van der Waals surface area (Å²) in [6, 6.07) is 3.87. The van der Waals surface area contributed by atoms with E-state index in [0.29, 0.717) is 18.2 Å². The van der Waals surface area contributed by atoms with Crippen molar-refractivity contribution in [2.24, 2.45) is 11.8 Å². The first-order valence-electron chi connectivity index (χ1n) is 10.9. The number of pyridine rings is 2. The Labute approximate surface area is 173 Å². The molecule has 2 aliphatic heterocycles. The van der Waals surface area contributed by atoms with E-state index in [1.807, 2.05) is 18.3 Å². The lowest BCUT2D eigenvalue weighted by Gasteiger charge is -2.34. The molecule has 0 aliphatic carbocycles. The maximum Gasteiger partial charge on any atom is 0.269 e. The first-order chi connectivity index (χ1) is 14.1. The Kier molecular flexibility index (Phi) is 6.40. The molecule has 0 bridgehead atoms. The highest BCUT2D eigenvalue weighted by molar-refractivity contribution is 5.96. The number of carbonyl (C=O) groups is 1. The second kappa shape index (κ2) is 9.18. The zero-order chi connectivity index (χ0) is 20.2. The summed E-state index contributed by atoms with van der Waals surface area (Å²) in [5.41, 5.74) is 2.52. The summed E-state index contributed by atoms with van der Waals surface area (Å²) in [6.45, 7) is 9.95. The van der Waals surface area contributed by atoms with Gasteiger partial charge in [0.1, 0.15) is 5.69 Å². The number of fused-ring (bicyclic) bond motifs is 1. The fourth-order valence-electron chi connectivity index (χ4n) is 4.95. The van der Waals surface area contributed by atoms with Crippen LogP contribution in [-0.4, -0.2) is 60.2 Å². The van der Waals surface area contributed by atoms with Gasteiger partial charge in [-0.1, -0.05) is 13.8 Å². The van der Waals surface area contributed by atoms with Gasteiger partial charge in [0.15, 0.2) is 0 Å². The van der Waals surface area contributed by atoms with Crippen LogP contribution in [0.15, 0.2) is 24.5 Å². The van der Waals surface area contributed by atoms with E-state index in [1.54, 1.807) is 6.20 Å². The first kappa shape index (κ1) is 20.2. The van der Waals surface area contributed by atoms with Crippen molar-refractivity contribution in [3.05, 3.63) is 35.8 Å². The molecule has 0 unspecified atom stereocenters. The molecule has 2 aromatic rings. The van der Waals surface area contributed by atoms with Crippen LogP contribution in [-0.2, 0) is 4.74 Å². The van der Waals surface area contributed by atoms with Gasteiger partial charge in [-0.3, -0.25) is 9.78 Å². The third-order valence-electron chi connectivity index (χ3n) is 6.19. The van der Waals surface area contributed by atoms with E-state index in [-0.39, 0.29) is 5.91 Å². The minimum absolute atomic E-state index is 0.0878. The molecule has 1 N–H and O–H groups in total. The number of nitrogens with zero attached hydrogens (tertiary/aromatic N) is 3. The van der Waals surface area contributed by atoms with Crippen LogP contribution in [0, 0.1) is 11.8 Å².